The fourth-order valence-electron chi connectivity index (χ4n) is 3.51. The van der Waals surface area contributed by atoms with Crippen LogP contribution < -0.4 is 5.43 Å². The van der Waals surface area contributed by atoms with Crippen molar-refractivity contribution in [3.8, 4) is 0 Å². The SMILES string of the molecule is O=C(NN1CCN(CCc2c[nH]c3ccccc23)CC1)c1ccc(F)cc1. The number of halogens is 1. The Morgan fingerprint density at radius 2 is 1.78 bits per heavy atom. The third-order valence-electron chi connectivity index (χ3n) is 5.11. The Bertz CT molecular complexity index is 913. The highest BCUT2D eigenvalue weighted by molar-refractivity contribution is 5.93. The molecule has 6 heteroatoms. The Balaban J connectivity index is 1.25. The van der Waals surface area contributed by atoms with Crippen molar-refractivity contribution in [3.63, 3.8) is 0 Å². The summed E-state index contributed by atoms with van der Waals surface area (Å²) in [6.07, 6.45) is 3.11. The van der Waals surface area contributed by atoms with Crippen LogP contribution in [0.25, 0.3) is 10.9 Å². The molecule has 0 aliphatic carbocycles. The summed E-state index contributed by atoms with van der Waals surface area (Å²) in [6, 6.07) is 14.0. The molecular weight excluding hydrogens is 343 g/mol. The first-order valence-electron chi connectivity index (χ1n) is 9.28. The van der Waals surface area contributed by atoms with Gasteiger partial charge < -0.3 is 9.88 Å². The van der Waals surface area contributed by atoms with Gasteiger partial charge in [0.15, 0.2) is 0 Å². The predicted molar refractivity (Wildman–Crippen MR) is 104 cm³/mol. The number of amides is 1. The molecule has 0 unspecified atom stereocenters. The second-order valence-corrected chi connectivity index (χ2v) is 6.89. The van der Waals surface area contributed by atoms with Crippen LogP contribution >= 0.6 is 0 Å². The molecule has 0 atom stereocenters. The molecule has 2 N–H and O–H groups in total. The number of aromatic nitrogens is 1. The summed E-state index contributed by atoms with van der Waals surface area (Å²) in [5, 5.41) is 3.23. The molecule has 4 rings (SSSR count). The minimum absolute atomic E-state index is 0.192. The van der Waals surface area contributed by atoms with Crippen molar-refractivity contribution >= 4 is 16.8 Å². The zero-order chi connectivity index (χ0) is 18.6. The van der Waals surface area contributed by atoms with Gasteiger partial charge in [0, 0.05) is 55.4 Å². The number of carbonyl (C=O) groups excluding carboxylic acids is 1. The Labute approximate surface area is 157 Å². The van der Waals surface area contributed by atoms with Crippen LogP contribution in [0.3, 0.4) is 0 Å². The lowest BCUT2D eigenvalue weighted by Crippen LogP contribution is -2.53. The van der Waals surface area contributed by atoms with E-state index in [1.165, 1.54) is 40.7 Å². The lowest BCUT2D eigenvalue weighted by atomic mass is 10.1. The van der Waals surface area contributed by atoms with Crippen molar-refractivity contribution in [1.82, 2.24) is 20.3 Å². The van der Waals surface area contributed by atoms with Gasteiger partial charge >= 0.3 is 0 Å². The van der Waals surface area contributed by atoms with E-state index in [0.717, 1.165) is 39.1 Å². The first-order valence-corrected chi connectivity index (χ1v) is 9.28. The van der Waals surface area contributed by atoms with Crippen molar-refractivity contribution in [1.29, 1.82) is 0 Å². The molecule has 1 amide bonds. The summed E-state index contributed by atoms with van der Waals surface area (Å²) in [5.74, 6) is -0.530. The predicted octanol–water partition coefficient (Wildman–Crippen LogP) is 2.81. The molecule has 5 nitrogen and oxygen atoms in total. The molecule has 0 spiro atoms. The van der Waals surface area contributed by atoms with Crippen LogP contribution in [0, 0.1) is 5.82 Å². The van der Waals surface area contributed by atoms with Crippen LogP contribution in [0.1, 0.15) is 15.9 Å². The summed E-state index contributed by atoms with van der Waals surface area (Å²) in [7, 11) is 0. The van der Waals surface area contributed by atoms with E-state index >= 15 is 0 Å². The number of fused-ring (bicyclic) bond motifs is 1. The molecule has 0 radical (unpaired) electrons. The van der Waals surface area contributed by atoms with Crippen molar-refractivity contribution in [2.45, 2.75) is 6.42 Å². The van der Waals surface area contributed by atoms with E-state index in [4.69, 9.17) is 0 Å². The number of nitrogens with zero attached hydrogens (tertiary/aromatic N) is 2. The third kappa shape index (κ3) is 4.18. The van der Waals surface area contributed by atoms with Gasteiger partial charge in [0.1, 0.15) is 5.82 Å². The van der Waals surface area contributed by atoms with Crippen molar-refractivity contribution < 1.29 is 9.18 Å². The van der Waals surface area contributed by atoms with E-state index in [-0.39, 0.29) is 11.7 Å². The van der Waals surface area contributed by atoms with E-state index in [1.54, 1.807) is 0 Å². The number of carbonyl (C=O) groups is 1. The number of rotatable bonds is 5. The fraction of sp³-hybridized carbons (Fsp3) is 0.286. The Morgan fingerprint density at radius 1 is 1.04 bits per heavy atom. The topological polar surface area (TPSA) is 51.4 Å². The van der Waals surface area contributed by atoms with E-state index in [0.29, 0.717) is 5.56 Å². The molecule has 2 aromatic carbocycles. The van der Waals surface area contributed by atoms with Gasteiger partial charge in [-0.15, -0.1) is 0 Å². The minimum atomic E-state index is -0.338. The van der Waals surface area contributed by atoms with Crippen molar-refractivity contribution in [2.24, 2.45) is 0 Å². The molecule has 1 saturated heterocycles. The Morgan fingerprint density at radius 3 is 2.56 bits per heavy atom. The molecule has 0 saturated carbocycles. The largest absolute Gasteiger partial charge is 0.361 e. The number of aromatic amines is 1. The van der Waals surface area contributed by atoms with Gasteiger partial charge in [0.25, 0.3) is 5.91 Å². The monoisotopic (exact) mass is 366 g/mol. The summed E-state index contributed by atoms with van der Waals surface area (Å²) >= 11 is 0. The maximum atomic E-state index is 13.0. The quantitative estimate of drug-likeness (QED) is 0.730. The van der Waals surface area contributed by atoms with Gasteiger partial charge in [-0.3, -0.25) is 10.2 Å². The number of piperazine rings is 1. The van der Waals surface area contributed by atoms with E-state index in [2.05, 4.69) is 39.7 Å². The van der Waals surface area contributed by atoms with Crippen LogP contribution in [0.4, 0.5) is 4.39 Å². The van der Waals surface area contributed by atoms with Gasteiger partial charge in [-0.25, -0.2) is 9.40 Å². The number of hydrogen-bond donors (Lipinski definition) is 2. The van der Waals surface area contributed by atoms with Crippen LogP contribution in [0.5, 0.6) is 0 Å². The first kappa shape index (κ1) is 17.7. The Kier molecular flexibility index (Phi) is 5.18. The molecule has 27 heavy (non-hydrogen) atoms. The van der Waals surface area contributed by atoms with Gasteiger partial charge in [-0.05, 0) is 42.3 Å². The first-order chi connectivity index (χ1) is 13.2. The number of nitrogens with one attached hydrogen (secondary N) is 2. The van der Waals surface area contributed by atoms with Crippen LogP contribution in [-0.2, 0) is 6.42 Å². The maximum Gasteiger partial charge on any atom is 0.265 e. The summed E-state index contributed by atoms with van der Waals surface area (Å²) < 4.78 is 13.0. The lowest BCUT2D eigenvalue weighted by Gasteiger charge is -2.34. The van der Waals surface area contributed by atoms with Crippen LogP contribution in [-0.4, -0.2) is 53.5 Å². The highest BCUT2D eigenvalue weighted by atomic mass is 19.1. The Hall–Kier alpha value is -2.70. The number of para-hydroxylation sites is 1. The zero-order valence-corrected chi connectivity index (χ0v) is 15.1. The standard InChI is InChI=1S/C21H23FN4O/c22-18-7-5-16(6-8-18)21(27)24-26-13-11-25(12-14-26)10-9-17-15-23-20-4-2-1-3-19(17)20/h1-8,15,23H,9-14H2,(H,24,27). The molecule has 1 fully saturated rings. The summed E-state index contributed by atoms with van der Waals surface area (Å²) in [4.78, 5) is 18.0. The number of hydrazine groups is 1. The average molecular weight is 366 g/mol. The molecule has 3 aromatic rings. The number of benzene rings is 2. The smallest absolute Gasteiger partial charge is 0.265 e. The van der Waals surface area contributed by atoms with Gasteiger partial charge in [0.05, 0.1) is 0 Å². The number of hydrogen-bond acceptors (Lipinski definition) is 3. The second kappa shape index (κ2) is 7.90. The van der Waals surface area contributed by atoms with Crippen molar-refractivity contribution in [2.75, 3.05) is 32.7 Å². The highest BCUT2D eigenvalue weighted by Gasteiger charge is 2.19. The third-order valence-corrected chi connectivity index (χ3v) is 5.11. The van der Waals surface area contributed by atoms with Gasteiger partial charge in [-0.2, -0.15) is 0 Å². The van der Waals surface area contributed by atoms with E-state index in [1.807, 2.05) is 11.1 Å². The average Bonchev–Trinajstić information content (AvgIpc) is 3.11. The molecule has 140 valence electrons. The molecule has 0 bridgehead atoms. The molecular formula is C21H23FN4O. The van der Waals surface area contributed by atoms with Gasteiger partial charge in [0.2, 0.25) is 0 Å². The normalized spacial score (nSPS) is 15.9. The van der Waals surface area contributed by atoms with E-state index in [9.17, 15) is 9.18 Å². The fourth-order valence-corrected chi connectivity index (χ4v) is 3.51. The second-order valence-electron chi connectivity index (χ2n) is 6.89. The zero-order valence-electron chi connectivity index (χ0n) is 15.1. The minimum Gasteiger partial charge on any atom is -0.361 e. The summed E-state index contributed by atoms with van der Waals surface area (Å²) in [6.45, 7) is 4.38. The van der Waals surface area contributed by atoms with Crippen LogP contribution in [0.2, 0.25) is 0 Å². The summed E-state index contributed by atoms with van der Waals surface area (Å²) in [5.41, 5.74) is 5.91. The molecule has 1 aliphatic heterocycles. The van der Waals surface area contributed by atoms with E-state index < -0.39 is 0 Å². The van der Waals surface area contributed by atoms with Crippen molar-refractivity contribution in [3.05, 3.63) is 71.7 Å². The highest BCUT2D eigenvalue weighted by Crippen LogP contribution is 2.18. The molecule has 1 aliphatic rings. The lowest BCUT2D eigenvalue weighted by molar-refractivity contribution is 0.0622. The number of H-pyrrole nitrogens is 1. The maximum absolute atomic E-state index is 13.0. The molecule has 1 aromatic heterocycles. The van der Waals surface area contributed by atoms with Crippen LogP contribution in [0.15, 0.2) is 54.7 Å². The van der Waals surface area contributed by atoms with Gasteiger partial charge in [-0.1, -0.05) is 18.2 Å². The molecule has 2 heterocycles.